The predicted octanol–water partition coefficient (Wildman–Crippen LogP) is 7.26. The Morgan fingerprint density at radius 3 is 2.49 bits per heavy atom. The van der Waals surface area contributed by atoms with Crippen LogP contribution in [-0.2, 0) is 16.0 Å². The second kappa shape index (κ2) is 12.9. The number of halogens is 4. The van der Waals surface area contributed by atoms with Gasteiger partial charge in [-0.25, -0.2) is 0 Å². The molecule has 0 fully saturated rings. The SMILES string of the molecule is COc1cc(NC(C(=O)N2CCc3c(C)cc(SC(F)(F)F)cc32)c2ccc(Cl)cc2)cc(OCCCC(=O)O)c1. The normalized spacial score (nSPS) is 13.5. The molecule has 218 valence electrons. The fourth-order valence-electron chi connectivity index (χ4n) is 4.63. The number of aliphatic carboxylic acids is 1. The van der Waals surface area contributed by atoms with E-state index in [2.05, 4.69) is 5.32 Å². The molecule has 1 unspecified atom stereocenters. The maximum atomic E-state index is 14.1. The molecule has 4 rings (SSSR count). The fourth-order valence-corrected chi connectivity index (χ4v) is 5.43. The monoisotopic (exact) mass is 608 g/mol. The summed E-state index contributed by atoms with van der Waals surface area (Å²) in [6.45, 7) is 2.23. The van der Waals surface area contributed by atoms with Crippen LogP contribution in [0.4, 0.5) is 24.5 Å². The summed E-state index contributed by atoms with van der Waals surface area (Å²) in [5.41, 5.74) is -1.40. The number of rotatable bonds is 11. The van der Waals surface area contributed by atoms with Crippen molar-refractivity contribution in [3.63, 3.8) is 0 Å². The second-order valence-corrected chi connectivity index (χ2v) is 11.0. The van der Waals surface area contributed by atoms with Crippen LogP contribution in [0.2, 0.25) is 5.02 Å². The first-order valence-electron chi connectivity index (χ1n) is 12.7. The number of methoxy groups -OCH3 is 1. The van der Waals surface area contributed by atoms with Crippen LogP contribution in [0.25, 0.3) is 0 Å². The van der Waals surface area contributed by atoms with Crippen LogP contribution < -0.4 is 19.7 Å². The predicted molar refractivity (Wildman–Crippen MR) is 152 cm³/mol. The molecule has 3 aromatic rings. The number of amides is 1. The Hall–Kier alpha value is -3.57. The summed E-state index contributed by atoms with van der Waals surface area (Å²) in [5.74, 6) is -0.419. The van der Waals surface area contributed by atoms with E-state index in [4.69, 9.17) is 26.2 Å². The van der Waals surface area contributed by atoms with E-state index in [1.165, 1.54) is 24.1 Å². The van der Waals surface area contributed by atoms with Gasteiger partial charge in [-0.15, -0.1) is 0 Å². The number of ether oxygens (including phenoxy) is 2. The number of alkyl halides is 3. The second-order valence-electron chi connectivity index (χ2n) is 9.40. The average Bonchev–Trinajstić information content (AvgIpc) is 3.33. The summed E-state index contributed by atoms with van der Waals surface area (Å²) in [4.78, 5) is 26.4. The van der Waals surface area contributed by atoms with Gasteiger partial charge in [0.15, 0.2) is 0 Å². The highest BCUT2D eigenvalue weighted by molar-refractivity contribution is 8.00. The molecule has 41 heavy (non-hydrogen) atoms. The van der Waals surface area contributed by atoms with E-state index in [1.54, 1.807) is 49.4 Å². The van der Waals surface area contributed by atoms with Gasteiger partial charge >= 0.3 is 11.5 Å². The number of hydrogen-bond acceptors (Lipinski definition) is 6. The molecule has 1 aliphatic rings. The van der Waals surface area contributed by atoms with E-state index in [-0.39, 0.29) is 35.6 Å². The lowest BCUT2D eigenvalue weighted by molar-refractivity contribution is -0.137. The standard InChI is InChI=1S/C29H28ClF3N2O5S/c1-17-12-23(41-29(31,32)33)16-25-24(17)9-10-35(25)28(38)27(18-5-7-19(30)8-6-18)34-20-13-21(39-2)15-22(14-20)40-11-3-4-26(36)37/h5-8,12-16,27,34H,3-4,9-11H2,1-2H3,(H,36,37). The molecule has 2 N–H and O–H groups in total. The Morgan fingerprint density at radius 2 is 1.83 bits per heavy atom. The number of carbonyl (C=O) groups is 2. The molecule has 0 aliphatic carbocycles. The Bertz CT molecular complexity index is 1420. The molecule has 0 bridgehead atoms. The topological polar surface area (TPSA) is 88.1 Å². The number of benzene rings is 3. The minimum absolute atomic E-state index is 0.0157. The molecule has 0 saturated heterocycles. The first-order valence-corrected chi connectivity index (χ1v) is 13.9. The summed E-state index contributed by atoms with van der Waals surface area (Å²) in [7, 11) is 1.48. The van der Waals surface area contributed by atoms with Gasteiger partial charge < -0.3 is 24.8 Å². The Morgan fingerprint density at radius 1 is 1.12 bits per heavy atom. The van der Waals surface area contributed by atoms with E-state index in [9.17, 15) is 22.8 Å². The summed E-state index contributed by atoms with van der Waals surface area (Å²) < 4.78 is 50.6. The first-order chi connectivity index (χ1) is 19.4. The van der Waals surface area contributed by atoms with E-state index in [0.29, 0.717) is 58.4 Å². The highest BCUT2D eigenvalue weighted by atomic mass is 35.5. The van der Waals surface area contributed by atoms with Crippen molar-refractivity contribution in [3.05, 3.63) is 76.3 Å². The maximum Gasteiger partial charge on any atom is 0.446 e. The molecule has 7 nitrogen and oxygen atoms in total. The van der Waals surface area contributed by atoms with Gasteiger partial charge in [-0.2, -0.15) is 13.2 Å². The third kappa shape index (κ3) is 8.01. The molecule has 1 amide bonds. The Balaban J connectivity index is 1.66. The van der Waals surface area contributed by atoms with Crippen molar-refractivity contribution in [1.82, 2.24) is 0 Å². The number of nitrogens with one attached hydrogen (secondary N) is 1. The molecule has 1 aliphatic heterocycles. The number of fused-ring (bicyclic) bond motifs is 1. The van der Waals surface area contributed by atoms with Gasteiger partial charge in [0.05, 0.1) is 13.7 Å². The maximum absolute atomic E-state index is 14.1. The summed E-state index contributed by atoms with van der Waals surface area (Å²) >= 11 is 5.89. The van der Waals surface area contributed by atoms with E-state index in [0.717, 1.165) is 5.56 Å². The number of carboxylic acids is 1. The summed E-state index contributed by atoms with van der Waals surface area (Å²) in [6, 6.07) is 13.7. The van der Waals surface area contributed by atoms with Gasteiger partial charge in [0.1, 0.15) is 17.5 Å². The lowest BCUT2D eigenvalue weighted by atomic mass is 10.0. The van der Waals surface area contributed by atoms with Crippen molar-refractivity contribution in [1.29, 1.82) is 0 Å². The number of nitrogens with zero attached hydrogens (tertiary/aromatic N) is 1. The highest BCUT2D eigenvalue weighted by Crippen LogP contribution is 2.42. The number of carboxylic acid groups (broad SMARTS) is 1. The molecule has 1 heterocycles. The summed E-state index contributed by atoms with van der Waals surface area (Å²) in [5, 5.41) is 12.6. The van der Waals surface area contributed by atoms with Crippen LogP contribution in [0.3, 0.4) is 0 Å². The quantitative estimate of drug-likeness (QED) is 0.175. The van der Waals surface area contributed by atoms with Crippen molar-refractivity contribution in [2.45, 2.75) is 42.6 Å². The lowest BCUT2D eigenvalue weighted by Gasteiger charge is -2.27. The molecule has 0 spiro atoms. The highest BCUT2D eigenvalue weighted by Gasteiger charge is 2.35. The van der Waals surface area contributed by atoms with E-state index >= 15 is 0 Å². The molecular formula is C29H28ClF3N2O5S. The van der Waals surface area contributed by atoms with Gasteiger partial charge in [0.25, 0.3) is 5.91 Å². The van der Waals surface area contributed by atoms with E-state index in [1.807, 2.05) is 0 Å². The minimum atomic E-state index is -4.46. The number of thioether (sulfide) groups is 1. The van der Waals surface area contributed by atoms with Crippen LogP contribution in [-0.4, -0.2) is 42.8 Å². The zero-order valence-corrected chi connectivity index (χ0v) is 23.8. The number of carbonyl (C=O) groups excluding carboxylic acids is 1. The van der Waals surface area contributed by atoms with Gasteiger partial charge in [-0.1, -0.05) is 23.7 Å². The molecule has 0 aromatic heterocycles. The van der Waals surface area contributed by atoms with Crippen LogP contribution in [0.15, 0.2) is 59.5 Å². The smallest absolute Gasteiger partial charge is 0.446 e. The van der Waals surface area contributed by atoms with Gasteiger partial charge in [-0.05, 0) is 72.5 Å². The van der Waals surface area contributed by atoms with Crippen LogP contribution in [0.1, 0.15) is 35.6 Å². The number of anilines is 2. The van der Waals surface area contributed by atoms with Crippen molar-refractivity contribution < 1.29 is 37.3 Å². The average molecular weight is 609 g/mol. The number of aryl methyl sites for hydroxylation is 1. The van der Waals surface area contributed by atoms with Crippen LogP contribution in [0.5, 0.6) is 11.5 Å². The van der Waals surface area contributed by atoms with Crippen LogP contribution in [0, 0.1) is 6.92 Å². The molecule has 0 radical (unpaired) electrons. The largest absolute Gasteiger partial charge is 0.497 e. The Labute approximate surface area is 244 Å². The zero-order valence-electron chi connectivity index (χ0n) is 22.3. The minimum Gasteiger partial charge on any atom is -0.497 e. The van der Waals surface area contributed by atoms with Gasteiger partial charge in [0, 0.05) is 52.5 Å². The Kier molecular flexibility index (Phi) is 9.60. The summed E-state index contributed by atoms with van der Waals surface area (Å²) in [6.07, 6.45) is 0.788. The first kappa shape index (κ1) is 30.4. The van der Waals surface area contributed by atoms with Crippen molar-refractivity contribution >= 4 is 46.6 Å². The lowest BCUT2D eigenvalue weighted by Crippen LogP contribution is -2.37. The van der Waals surface area contributed by atoms with Crippen molar-refractivity contribution in [3.8, 4) is 11.5 Å². The zero-order chi connectivity index (χ0) is 29.7. The molecule has 12 heteroatoms. The number of hydrogen-bond donors (Lipinski definition) is 2. The molecule has 3 aromatic carbocycles. The molecule has 1 atom stereocenters. The van der Waals surface area contributed by atoms with Crippen molar-refractivity contribution in [2.24, 2.45) is 0 Å². The van der Waals surface area contributed by atoms with Crippen LogP contribution >= 0.6 is 23.4 Å². The van der Waals surface area contributed by atoms with Crippen molar-refractivity contribution in [2.75, 3.05) is 30.5 Å². The fraction of sp³-hybridized carbons (Fsp3) is 0.310. The third-order valence-electron chi connectivity index (χ3n) is 6.48. The molecule has 0 saturated carbocycles. The third-order valence-corrected chi connectivity index (χ3v) is 7.43. The van der Waals surface area contributed by atoms with Gasteiger partial charge in [-0.3, -0.25) is 9.59 Å². The van der Waals surface area contributed by atoms with E-state index < -0.39 is 17.5 Å². The molecular weight excluding hydrogens is 581 g/mol. The van der Waals surface area contributed by atoms with Gasteiger partial charge in [0.2, 0.25) is 0 Å².